The number of alkyl halides is 3. The van der Waals surface area contributed by atoms with Gasteiger partial charge < -0.3 is 11.1 Å². The zero-order chi connectivity index (χ0) is 18.7. The van der Waals surface area contributed by atoms with Crippen LogP contribution in [0, 0.1) is 0 Å². The molecule has 3 N–H and O–H groups in total. The summed E-state index contributed by atoms with van der Waals surface area (Å²) in [5.74, 6) is 0.232. The van der Waals surface area contributed by atoms with Gasteiger partial charge in [0.05, 0.1) is 5.56 Å². The van der Waals surface area contributed by atoms with E-state index in [0.29, 0.717) is 10.0 Å². The topological polar surface area (TPSA) is 63.8 Å². The van der Waals surface area contributed by atoms with Crippen LogP contribution in [-0.2, 0) is 6.18 Å². The highest BCUT2D eigenvalue weighted by Crippen LogP contribution is 2.35. The number of nitrogens with one attached hydrogen (secondary N) is 1. The molecule has 2 aromatic carbocycles. The van der Waals surface area contributed by atoms with Crippen LogP contribution in [0.5, 0.6) is 0 Å². The summed E-state index contributed by atoms with van der Waals surface area (Å²) in [6, 6.07) is 11.9. The first-order chi connectivity index (χ1) is 12.3. The largest absolute Gasteiger partial charge is 0.416 e. The van der Waals surface area contributed by atoms with Crippen molar-refractivity contribution in [2.24, 2.45) is 0 Å². The van der Waals surface area contributed by atoms with Gasteiger partial charge >= 0.3 is 6.18 Å². The molecule has 3 aromatic rings. The zero-order valence-electron chi connectivity index (χ0n) is 13.1. The van der Waals surface area contributed by atoms with Crippen LogP contribution in [0.3, 0.4) is 0 Å². The van der Waals surface area contributed by atoms with E-state index in [1.165, 1.54) is 30.2 Å². The minimum atomic E-state index is -4.43. The number of hydrogen-bond acceptors (Lipinski definition) is 5. The molecule has 0 bridgehead atoms. The quantitative estimate of drug-likeness (QED) is 0.560. The van der Waals surface area contributed by atoms with Crippen molar-refractivity contribution in [2.45, 2.75) is 16.1 Å². The molecule has 0 aliphatic heterocycles. The van der Waals surface area contributed by atoms with Crippen LogP contribution in [0.15, 0.2) is 64.8 Å². The third kappa shape index (κ3) is 4.39. The summed E-state index contributed by atoms with van der Waals surface area (Å²) in [5, 5.41) is 3.90. The SMILES string of the molecule is Nc1c(Nc2cccc(C(F)(F)F)c2)ncnc1Sc1ccc(Cl)cc1. The summed E-state index contributed by atoms with van der Waals surface area (Å²) in [6.07, 6.45) is -3.13. The maximum absolute atomic E-state index is 12.8. The molecule has 0 saturated carbocycles. The fraction of sp³-hybridized carbons (Fsp3) is 0.0588. The lowest BCUT2D eigenvalue weighted by molar-refractivity contribution is -0.137. The maximum Gasteiger partial charge on any atom is 0.416 e. The molecule has 0 fully saturated rings. The molecule has 0 aliphatic rings. The molecule has 0 unspecified atom stereocenters. The van der Waals surface area contributed by atoms with Crippen molar-refractivity contribution in [1.29, 1.82) is 0 Å². The van der Waals surface area contributed by atoms with Gasteiger partial charge in [-0.1, -0.05) is 29.4 Å². The van der Waals surface area contributed by atoms with E-state index in [9.17, 15) is 13.2 Å². The van der Waals surface area contributed by atoms with Crippen molar-refractivity contribution in [2.75, 3.05) is 11.1 Å². The zero-order valence-corrected chi connectivity index (χ0v) is 14.7. The second kappa shape index (κ2) is 7.43. The Morgan fingerprint density at radius 2 is 1.77 bits per heavy atom. The van der Waals surface area contributed by atoms with E-state index in [4.69, 9.17) is 17.3 Å². The molecule has 0 amide bonds. The van der Waals surface area contributed by atoms with Gasteiger partial charge in [0.1, 0.15) is 17.0 Å². The van der Waals surface area contributed by atoms with E-state index < -0.39 is 11.7 Å². The highest BCUT2D eigenvalue weighted by Gasteiger charge is 2.30. The number of anilines is 3. The molecule has 0 saturated heterocycles. The predicted molar refractivity (Wildman–Crippen MR) is 96.7 cm³/mol. The fourth-order valence-electron chi connectivity index (χ4n) is 2.08. The van der Waals surface area contributed by atoms with Crippen LogP contribution in [0.1, 0.15) is 5.56 Å². The first-order valence-electron chi connectivity index (χ1n) is 7.31. The van der Waals surface area contributed by atoms with Crippen LogP contribution in [0.4, 0.5) is 30.4 Å². The Kier molecular flexibility index (Phi) is 5.24. The molecule has 3 rings (SSSR count). The normalized spacial score (nSPS) is 11.4. The number of nitrogens with two attached hydrogens (primary N) is 1. The first kappa shape index (κ1) is 18.3. The van der Waals surface area contributed by atoms with Crippen molar-refractivity contribution < 1.29 is 13.2 Å². The molecular formula is C17H12ClF3N4S. The molecule has 26 heavy (non-hydrogen) atoms. The number of halogens is 4. The maximum atomic E-state index is 12.8. The number of benzene rings is 2. The second-order valence-corrected chi connectivity index (χ2v) is 6.70. The molecule has 0 spiro atoms. The van der Waals surface area contributed by atoms with Crippen LogP contribution in [0.25, 0.3) is 0 Å². The first-order valence-corrected chi connectivity index (χ1v) is 8.50. The van der Waals surface area contributed by atoms with E-state index in [2.05, 4.69) is 15.3 Å². The summed E-state index contributed by atoms with van der Waals surface area (Å²) >= 11 is 7.16. The monoisotopic (exact) mass is 396 g/mol. The van der Waals surface area contributed by atoms with Crippen LogP contribution >= 0.6 is 23.4 Å². The lowest BCUT2D eigenvalue weighted by Gasteiger charge is -2.13. The van der Waals surface area contributed by atoms with Crippen molar-refractivity contribution in [3.8, 4) is 0 Å². The van der Waals surface area contributed by atoms with E-state index in [0.717, 1.165) is 17.0 Å². The van der Waals surface area contributed by atoms with Gasteiger partial charge in [0.15, 0.2) is 5.82 Å². The molecule has 134 valence electrons. The lowest BCUT2D eigenvalue weighted by Crippen LogP contribution is -2.06. The van der Waals surface area contributed by atoms with Gasteiger partial charge in [0.2, 0.25) is 0 Å². The van der Waals surface area contributed by atoms with Crippen LogP contribution in [-0.4, -0.2) is 9.97 Å². The van der Waals surface area contributed by atoms with Gasteiger partial charge in [-0.25, -0.2) is 9.97 Å². The van der Waals surface area contributed by atoms with Gasteiger partial charge in [-0.2, -0.15) is 13.2 Å². The minimum Gasteiger partial charge on any atom is -0.394 e. The van der Waals surface area contributed by atoms with Crippen molar-refractivity contribution >= 4 is 40.6 Å². The lowest BCUT2D eigenvalue weighted by atomic mass is 10.2. The molecule has 4 nitrogen and oxygen atoms in total. The Morgan fingerprint density at radius 1 is 1.04 bits per heavy atom. The van der Waals surface area contributed by atoms with Crippen LogP contribution in [0.2, 0.25) is 5.02 Å². The van der Waals surface area contributed by atoms with Crippen molar-refractivity contribution in [3.05, 3.63) is 65.4 Å². The van der Waals surface area contributed by atoms with Gasteiger partial charge in [-0.3, -0.25) is 0 Å². The highest BCUT2D eigenvalue weighted by molar-refractivity contribution is 7.99. The average molecular weight is 397 g/mol. The molecular weight excluding hydrogens is 385 g/mol. The second-order valence-electron chi connectivity index (χ2n) is 5.20. The molecule has 1 heterocycles. The smallest absolute Gasteiger partial charge is 0.394 e. The summed E-state index contributed by atoms with van der Waals surface area (Å²) in [7, 11) is 0. The Labute approximate surface area is 156 Å². The highest BCUT2D eigenvalue weighted by atomic mass is 35.5. The summed E-state index contributed by atoms with van der Waals surface area (Å²) in [4.78, 5) is 9.01. The number of aromatic nitrogens is 2. The van der Waals surface area contributed by atoms with E-state index in [1.54, 1.807) is 12.1 Å². The third-order valence-electron chi connectivity index (χ3n) is 3.33. The van der Waals surface area contributed by atoms with E-state index in [-0.39, 0.29) is 17.2 Å². The van der Waals surface area contributed by atoms with Crippen LogP contribution < -0.4 is 11.1 Å². The van der Waals surface area contributed by atoms with Crippen molar-refractivity contribution in [3.63, 3.8) is 0 Å². The summed E-state index contributed by atoms with van der Waals surface area (Å²) in [6.45, 7) is 0. The molecule has 1 aromatic heterocycles. The summed E-state index contributed by atoms with van der Waals surface area (Å²) in [5.41, 5.74) is 5.79. The Bertz CT molecular complexity index is 917. The summed E-state index contributed by atoms with van der Waals surface area (Å²) < 4.78 is 38.5. The standard InChI is InChI=1S/C17H12ClF3N4S/c18-11-4-6-13(7-5-11)26-16-14(22)15(23-9-24-16)25-12-3-1-2-10(8-12)17(19,20)21/h1-9H,22H2,(H,23,24,25). The minimum absolute atomic E-state index is 0.229. The molecule has 0 radical (unpaired) electrons. The molecule has 0 aliphatic carbocycles. The van der Waals surface area contributed by atoms with E-state index in [1.807, 2.05) is 12.1 Å². The molecule has 9 heteroatoms. The fourth-order valence-corrected chi connectivity index (χ4v) is 3.01. The molecule has 0 atom stereocenters. The predicted octanol–water partition coefficient (Wildman–Crippen LogP) is 5.63. The number of nitrogens with zero attached hydrogens (tertiary/aromatic N) is 2. The third-order valence-corrected chi connectivity index (χ3v) is 4.61. The average Bonchev–Trinajstić information content (AvgIpc) is 2.60. The Balaban J connectivity index is 1.84. The Morgan fingerprint density at radius 3 is 2.46 bits per heavy atom. The Hall–Kier alpha value is -2.45. The van der Waals surface area contributed by atoms with Gasteiger partial charge in [-0.15, -0.1) is 0 Å². The van der Waals surface area contributed by atoms with E-state index >= 15 is 0 Å². The van der Waals surface area contributed by atoms with Gasteiger partial charge in [-0.05, 0) is 42.5 Å². The van der Waals surface area contributed by atoms with Crippen molar-refractivity contribution in [1.82, 2.24) is 9.97 Å². The van der Waals surface area contributed by atoms with Gasteiger partial charge in [0, 0.05) is 15.6 Å². The number of hydrogen-bond donors (Lipinski definition) is 2. The number of rotatable bonds is 4. The number of nitrogen functional groups attached to an aromatic ring is 1. The van der Waals surface area contributed by atoms with Gasteiger partial charge in [0.25, 0.3) is 0 Å².